The number of amides is 1. The third-order valence-corrected chi connectivity index (χ3v) is 4.34. The van der Waals surface area contributed by atoms with Gasteiger partial charge in [-0.1, -0.05) is 12.1 Å². The minimum atomic E-state index is -4.48. The lowest BCUT2D eigenvalue weighted by Gasteiger charge is -2.17. The zero-order valence-corrected chi connectivity index (χ0v) is 15.8. The van der Waals surface area contributed by atoms with Crippen LogP contribution in [-0.2, 0) is 22.1 Å². The number of carbonyl (C=O) groups is 2. The zero-order valence-electron chi connectivity index (χ0n) is 13.6. The van der Waals surface area contributed by atoms with Crippen molar-refractivity contribution in [2.45, 2.75) is 18.6 Å². The molecule has 0 heterocycles. The predicted molar refractivity (Wildman–Crippen MR) is 97.6 cm³/mol. The normalized spacial score (nSPS) is 12.3. The average molecular weight is 477 g/mol. The molecule has 1 amide bonds. The number of benzene rings is 2. The molecule has 0 saturated heterocycles. The van der Waals surface area contributed by atoms with Gasteiger partial charge in [0.05, 0.1) is 12.7 Å². The van der Waals surface area contributed by atoms with E-state index in [1.54, 1.807) is 0 Å². The molecule has 0 unspecified atom stereocenters. The van der Waals surface area contributed by atoms with E-state index in [0.29, 0.717) is 0 Å². The van der Waals surface area contributed by atoms with Gasteiger partial charge in [-0.05, 0) is 64.6 Å². The summed E-state index contributed by atoms with van der Waals surface area (Å²) < 4.78 is 43.5. The second kappa shape index (κ2) is 8.52. The van der Waals surface area contributed by atoms with E-state index in [0.717, 1.165) is 33.4 Å². The van der Waals surface area contributed by atoms with Crippen molar-refractivity contribution in [2.75, 3.05) is 7.11 Å². The Balaban J connectivity index is 2.13. The summed E-state index contributed by atoms with van der Waals surface area (Å²) in [5.41, 5.74) is -0.0134. The highest BCUT2D eigenvalue weighted by atomic mass is 127. The second-order valence-corrected chi connectivity index (χ2v) is 6.70. The van der Waals surface area contributed by atoms with Crippen molar-refractivity contribution in [3.63, 3.8) is 0 Å². The standard InChI is InChI=1S/C18H15F3INO3/c1-26-17(25)15(10-11-2-8-14(22)9-3-11)23-16(24)12-4-6-13(7-5-12)18(19,20)21/h2-9,15H,10H2,1H3,(H,23,24)/t15-/m0/s1. The van der Waals surface area contributed by atoms with E-state index in [4.69, 9.17) is 4.74 Å². The van der Waals surface area contributed by atoms with E-state index in [-0.39, 0.29) is 12.0 Å². The number of carbonyl (C=O) groups excluding carboxylic acids is 2. The quantitative estimate of drug-likeness (QED) is 0.527. The van der Waals surface area contributed by atoms with Crippen LogP contribution in [0.3, 0.4) is 0 Å². The first-order chi connectivity index (χ1) is 12.2. The maximum atomic E-state index is 12.6. The van der Waals surface area contributed by atoms with Crippen molar-refractivity contribution in [1.29, 1.82) is 0 Å². The minimum absolute atomic E-state index is 0.0227. The Labute approximate surface area is 161 Å². The maximum Gasteiger partial charge on any atom is 0.416 e. The molecule has 0 aliphatic rings. The molecule has 1 atom stereocenters. The molecule has 1 N–H and O–H groups in total. The van der Waals surface area contributed by atoms with Gasteiger partial charge in [-0.3, -0.25) is 4.79 Å². The molecule has 2 rings (SSSR count). The van der Waals surface area contributed by atoms with Gasteiger partial charge >= 0.3 is 12.1 Å². The van der Waals surface area contributed by atoms with Crippen LogP contribution in [0.25, 0.3) is 0 Å². The lowest BCUT2D eigenvalue weighted by molar-refractivity contribution is -0.142. The van der Waals surface area contributed by atoms with E-state index in [1.807, 2.05) is 24.3 Å². The second-order valence-electron chi connectivity index (χ2n) is 5.45. The van der Waals surface area contributed by atoms with Crippen molar-refractivity contribution in [3.8, 4) is 0 Å². The van der Waals surface area contributed by atoms with E-state index in [2.05, 4.69) is 27.9 Å². The van der Waals surface area contributed by atoms with Crippen LogP contribution in [0, 0.1) is 3.57 Å². The lowest BCUT2D eigenvalue weighted by Crippen LogP contribution is -2.43. The van der Waals surface area contributed by atoms with E-state index < -0.39 is 29.7 Å². The summed E-state index contributed by atoms with van der Waals surface area (Å²) in [6, 6.07) is 10.2. The Morgan fingerprint density at radius 2 is 1.65 bits per heavy atom. The number of esters is 1. The van der Waals surface area contributed by atoms with Crippen LogP contribution in [0.15, 0.2) is 48.5 Å². The van der Waals surface area contributed by atoms with Crippen molar-refractivity contribution in [3.05, 3.63) is 68.8 Å². The summed E-state index contributed by atoms with van der Waals surface area (Å²) in [5.74, 6) is -1.29. The van der Waals surface area contributed by atoms with Gasteiger partial charge in [0.2, 0.25) is 0 Å². The summed E-state index contributed by atoms with van der Waals surface area (Å²) in [4.78, 5) is 24.2. The molecule has 0 aromatic heterocycles. The van der Waals surface area contributed by atoms with E-state index >= 15 is 0 Å². The van der Waals surface area contributed by atoms with Gasteiger partial charge < -0.3 is 10.1 Å². The van der Waals surface area contributed by atoms with Crippen molar-refractivity contribution in [1.82, 2.24) is 5.32 Å². The van der Waals surface area contributed by atoms with Gasteiger partial charge in [-0.25, -0.2) is 4.79 Å². The lowest BCUT2D eigenvalue weighted by atomic mass is 10.0. The molecule has 0 bridgehead atoms. The Bertz CT molecular complexity index is 774. The minimum Gasteiger partial charge on any atom is -0.467 e. The molecule has 4 nitrogen and oxygen atoms in total. The molecule has 0 aliphatic carbocycles. The molecule has 138 valence electrons. The van der Waals surface area contributed by atoms with Gasteiger partial charge in [-0.15, -0.1) is 0 Å². The molecule has 26 heavy (non-hydrogen) atoms. The number of ether oxygens (including phenoxy) is 1. The summed E-state index contributed by atoms with van der Waals surface area (Å²) >= 11 is 2.15. The first kappa shape index (κ1) is 20.2. The van der Waals surface area contributed by atoms with Crippen LogP contribution >= 0.6 is 22.6 Å². The molecule has 2 aromatic rings. The zero-order chi connectivity index (χ0) is 19.3. The van der Waals surface area contributed by atoms with Crippen molar-refractivity contribution < 1.29 is 27.5 Å². The Morgan fingerprint density at radius 1 is 1.08 bits per heavy atom. The highest BCUT2D eigenvalue weighted by Crippen LogP contribution is 2.29. The van der Waals surface area contributed by atoms with Crippen LogP contribution in [0.4, 0.5) is 13.2 Å². The number of alkyl halides is 3. The largest absolute Gasteiger partial charge is 0.467 e. The van der Waals surface area contributed by atoms with Gasteiger partial charge in [-0.2, -0.15) is 13.2 Å². The molecule has 8 heteroatoms. The average Bonchev–Trinajstić information content (AvgIpc) is 2.61. The summed E-state index contributed by atoms with van der Waals surface area (Å²) in [7, 11) is 1.20. The Kier molecular flexibility index (Phi) is 6.63. The van der Waals surface area contributed by atoms with Gasteiger partial charge in [0.25, 0.3) is 5.91 Å². The molecule has 2 aromatic carbocycles. The first-order valence-electron chi connectivity index (χ1n) is 7.51. The van der Waals surface area contributed by atoms with Crippen LogP contribution in [0.2, 0.25) is 0 Å². The van der Waals surface area contributed by atoms with E-state index in [9.17, 15) is 22.8 Å². The highest BCUT2D eigenvalue weighted by molar-refractivity contribution is 14.1. The summed E-state index contributed by atoms with van der Waals surface area (Å²) in [6.45, 7) is 0. The molecule has 0 saturated carbocycles. The maximum absolute atomic E-state index is 12.6. The van der Waals surface area contributed by atoms with Crippen LogP contribution in [0.1, 0.15) is 21.5 Å². The van der Waals surface area contributed by atoms with Crippen LogP contribution in [0.5, 0.6) is 0 Å². The van der Waals surface area contributed by atoms with Crippen LogP contribution < -0.4 is 5.32 Å². The summed E-state index contributed by atoms with van der Waals surface area (Å²) in [6.07, 6.45) is -4.27. The fourth-order valence-corrected chi connectivity index (χ4v) is 2.60. The Hall–Kier alpha value is -2.10. The fourth-order valence-electron chi connectivity index (χ4n) is 2.24. The number of rotatable bonds is 5. The van der Waals surface area contributed by atoms with Crippen molar-refractivity contribution in [2.24, 2.45) is 0 Å². The molecule has 0 fully saturated rings. The number of methoxy groups -OCH3 is 1. The number of nitrogens with one attached hydrogen (secondary N) is 1. The van der Waals surface area contributed by atoms with Gasteiger partial charge in [0, 0.05) is 15.6 Å². The smallest absolute Gasteiger partial charge is 0.416 e. The molecule has 0 spiro atoms. The number of hydrogen-bond donors (Lipinski definition) is 1. The first-order valence-corrected chi connectivity index (χ1v) is 8.59. The SMILES string of the molecule is COC(=O)[C@H](Cc1ccc(I)cc1)NC(=O)c1ccc(C(F)(F)F)cc1. The highest BCUT2D eigenvalue weighted by Gasteiger charge is 2.30. The van der Waals surface area contributed by atoms with E-state index in [1.165, 1.54) is 7.11 Å². The monoisotopic (exact) mass is 477 g/mol. The van der Waals surface area contributed by atoms with Crippen molar-refractivity contribution >= 4 is 34.5 Å². The van der Waals surface area contributed by atoms with Gasteiger partial charge in [0.15, 0.2) is 0 Å². The Morgan fingerprint density at radius 3 is 2.15 bits per heavy atom. The topological polar surface area (TPSA) is 55.4 Å². The number of hydrogen-bond acceptors (Lipinski definition) is 3. The predicted octanol–water partition coefficient (Wildman–Crippen LogP) is 3.82. The summed E-state index contributed by atoms with van der Waals surface area (Å²) in [5, 5.41) is 2.51. The third-order valence-electron chi connectivity index (χ3n) is 3.62. The van der Waals surface area contributed by atoms with Crippen LogP contribution in [-0.4, -0.2) is 25.0 Å². The molecule has 0 radical (unpaired) electrons. The molecular weight excluding hydrogens is 462 g/mol. The molecular formula is C18H15F3INO3. The fraction of sp³-hybridized carbons (Fsp3) is 0.222. The van der Waals surface area contributed by atoms with Gasteiger partial charge in [0.1, 0.15) is 6.04 Å². The number of halogens is 4. The third kappa shape index (κ3) is 5.45. The molecule has 0 aliphatic heterocycles.